The van der Waals surface area contributed by atoms with Crippen molar-refractivity contribution in [1.29, 1.82) is 0 Å². The van der Waals surface area contributed by atoms with Gasteiger partial charge in [-0.3, -0.25) is 0 Å². The van der Waals surface area contributed by atoms with Crippen molar-refractivity contribution in [2.75, 3.05) is 0 Å². The molecule has 0 spiro atoms. The van der Waals surface area contributed by atoms with E-state index in [1.807, 2.05) is 0 Å². The molecule has 1 N–H and O–H groups in total. The standard InChI is InChI=1S/C8H6N.C5H5.2C4H9.2ClH.Zr/c1-2-4-8-7(3-1)5-6-9-8;1-2-4-5-3-1;2*1-4(2)3;;;/h1-5,9H;1-3H,4H2;2*1-3H3;2*1H;. The van der Waals surface area contributed by atoms with Crippen molar-refractivity contribution in [3.63, 3.8) is 0 Å². The van der Waals surface area contributed by atoms with Crippen molar-refractivity contribution in [2.24, 2.45) is 0 Å². The molecule has 138 valence electrons. The van der Waals surface area contributed by atoms with E-state index < -0.39 is 20.3 Å². The zero-order valence-electron chi connectivity index (χ0n) is 16.1. The SMILES string of the molecule is C[C](C)(C)[Zr]([C]1=CC=CC1)([c]1cc2ccccc2[nH]1)[C](C)(C)C.Cl.Cl. The van der Waals surface area contributed by atoms with Crippen molar-refractivity contribution in [2.45, 2.75) is 54.2 Å². The van der Waals surface area contributed by atoms with Gasteiger partial charge in [0.15, 0.2) is 0 Å². The van der Waals surface area contributed by atoms with Crippen LogP contribution < -0.4 is 3.40 Å². The third-order valence-corrected chi connectivity index (χ3v) is 22.4. The molecule has 0 aliphatic heterocycles. The van der Waals surface area contributed by atoms with Gasteiger partial charge in [-0.25, -0.2) is 0 Å². The quantitative estimate of drug-likeness (QED) is 0.494. The number of allylic oxidation sites excluding steroid dienone is 4. The van der Waals surface area contributed by atoms with Crippen LogP contribution in [-0.2, 0) is 20.3 Å². The smallest absolute Gasteiger partial charge is 0.147 e. The normalized spacial score (nSPS) is 14.9. The Labute approximate surface area is 169 Å². The number of fused-ring (bicyclic) bond motifs is 1. The second-order valence-electron chi connectivity index (χ2n) is 8.84. The van der Waals surface area contributed by atoms with Gasteiger partial charge >= 0.3 is 146 Å². The molecule has 0 atom stereocenters. The molecular formula is C21H31Cl2NZr. The van der Waals surface area contributed by atoms with Crippen LogP contribution in [0.15, 0.2) is 51.8 Å². The summed E-state index contributed by atoms with van der Waals surface area (Å²) in [7, 11) is 0. The molecule has 1 aromatic heterocycles. The number of halogens is 2. The topological polar surface area (TPSA) is 15.8 Å². The molecule has 0 bridgehead atoms. The molecule has 0 radical (unpaired) electrons. The summed E-state index contributed by atoms with van der Waals surface area (Å²) in [5.74, 6) is 0. The summed E-state index contributed by atoms with van der Waals surface area (Å²) in [6, 6.07) is 11.2. The molecule has 1 aromatic carbocycles. The van der Waals surface area contributed by atoms with Crippen LogP contribution in [0.4, 0.5) is 0 Å². The Hall–Kier alpha value is -0.297. The maximum atomic E-state index is 3.85. The van der Waals surface area contributed by atoms with Crippen LogP contribution >= 0.6 is 24.8 Å². The van der Waals surface area contributed by atoms with Gasteiger partial charge in [-0.05, 0) is 0 Å². The van der Waals surface area contributed by atoms with E-state index in [0.717, 1.165) is 6.42 Å². The van der Waals surface area contributed by atoms with E-state index in [1.54, 1.807) is 6.68 Å². The predicted molar refractivity (Wildman–Crippen MR) is 114 cm³/mol. The fourth-order valence-electron chi connectivity index (χ4n) is 5.07. The van der Waals surface area contributed by atoms with E-state index >= 15 is 0 Å². The van der Waals surface area contributed by atoms with Crippen molar-refractivity contribution in [3.8, 4) is 0 Å². The van der Waals surface area contributed by atoms with E-state index in [2.05, 4.69) is 95.1 Å². The maximum absolute atomic E-state index is 3.85. The molecule has 0 unspecified atom stereocenters. The van der Waals surface area contributed by atoms with Gasteiger partial charge in [0.05, 0.1) is 0 Å². The molecule has 2 aromatic rings. The van der Waals surface area contributed by atoms with E-state index in [-0.39, 0.29) is 24.8 Å². The number of aromatic nitrogens is 1. The predicted octanol–water partition coefficient (Wildman–Crippen LogP) is 7.07. The molecule has 4 heteroatoms. The number of hydrogen-bond donors (Lipinski definition) is 1. The third-order valence-electron chi connectivity index (χ3n) is 5.44. The summed E-state index contributed by atoms with van der Waals surface area (Å²) < 4.78 is 3.90. The number of rotatable bonds is 2. The van der Waals surface area contributed by atoms with Crippen molar-refractivity contribution in [3.05, 3.63) is 51.8 Å². The summed E-state index contributed by atoms with van der Waals surface area (Å²) in [6.45, 7) is 14.8. The molecule has 1 heterocycles. The second kappa shape index (κ2) is 7.75. The first-order valence-electron chi connectivity index (χ1n) is 8.62. The number of H-pyrrole nitrogens is 1. The monoisotopic (exact) mass is 457 g/mol. The fourth-order valence-corrected chi connectivity index (χ4v) is 23.8. The van der Waals surface area contributed by atoms with E-state index in [4.69, 9.17) is 0 Å². The molecule has 0 fully saturated rings. The van der Waals surface area contributed by atoms with Gasteiger partial charge in [0, 0.05) is 0 Å². The molecule has 0 saturated heterocycles. The number of nitrogens with one attached hydrogen (secondary N) is 1. The summed E-state index contributed by atoms with van der Waals surface area (Å²) in [4.78, 5) is 3.85. The van der Waals surface area contributed by atoms with Crippen LogP contribution in [0.1, 0.15) is 48.0 Å². The largest absolute Gasteiger partial charge is 0.147 e. The Morgan fingerprint density at radius 1 is 0.920 bits per heavy atom. The molecular weight excluding hydrogens is 428 g/mol. The third kappa shape index (κ3) is 3.60. The Balaban J connectivity index is 0.00000156. The number of hydrogen-bond acceptors (Lipinski definition) is 0. The van der Waals surface area contributed by atoms with Gasteiger partial charge in [-0.2, -0.15) is 0 Å². The molecule has 1 nitrogen and oxygen atoms in total. The minimum atomic E-state index is -2.98. The summed E-state index contributed by atoms with van der Waals surface area (Å²) in [5.41, 5.74) is 1.28. The van der Waals surface area contributed by atoms with Gasteiger partial charge in [0.25, 0.3) is 0 Å². The molecule has 3 rings (SSSR count). The zero-order chi connectivity index (χ0) is 16.9. The van der Waals surface area contributed by atoms with Crippen molar-refractivity contribution >= 4 is 39.1 Å². The Morgan fingerprint density at radius 2 is 1.52 bits per heavy atom. The fraction of sp³-hybridized carbons (Fsp3) is 0.429. The number of benzene rings is 1. The first-order chi connectivity index (χ1) is 10.7. The van der Waals surface area contributed by atoms with E-state index in [0.29, 0.717) is 6.25 Å². The Bertz CT molecular complexity index is 741. The average Bonchev–Trinajstić information content (AvgIpc) is 3.04. The summed E-state index contributed by atoms with van der Waals surface area (Å²) in [6.07, 6.45) is 8.17. The summed E-state index contributed by atoms with van der Waals surface area (Å²) in [5, 5.41) is 1.35. The Morgan fingerprint density at radius 3 is 2.00 bits per heavy atom. The molecule has 0 saturated carbocycles. The van der Waals surface area contributed by atoms with Crippen LogP contribution in [0.3, 0.4) is 0 Å². The second-order valence-corrected chi connectivity index (χ2v) is 22.8. The van der Waals surface area contributed by atoms with Gasteiger partial charge < -0.3 is 0 Å². The van der Waals surface area contributed by atoms with Crippen LogP contribution in [0, 0.1) is 0 Å². The van der Waals surface area contributed by atoms with E-state index in [1.165, 1.54) is 10.9 Å². The zero-order valence-corrected chi connectivity index (χ0v) is 20.2. The number of aromatic amines is 1. The van der Waals surface area contributed by atoms with Crippen LogP contribution in [-0.4, -0.2) is 4.98 Å². The molecule has 0 amide bonds. The molecule has 25 heavy (non-hydrogen) atoms. The summed E-state index contributed by atoms with van der Waals surface area (Å²) >= 11 is -2.98. The minimum Gasteiger partial charge on any atom is -0.147 e. The van der Waals surface area contributed by atoms with Gasteiger partial charge in [0.1, 0.15) is 0 Å². The van der Waals surface area contributed by atoms with Crippen molar-refractivity contribution < 1.29 is 20.3 Å². The van der Waals surface area contributed by atoms with E-state index in [9.17, 15) is 0 Å². The van der Waals surface area contributed by atoms with Gasteiger partial charge in [0.2, 0.25) is 0 Å². The average molecular weight is 460 g/mol. The number of para-hydroxylation sites is 1. The van der Waals surface area contributed by atoms with Gasteiger partial charge in [-0.15, -0.1) is 24.8 Å². The van der Waals surface area contributed by atoms with Crippen LogP contribution in [0.2, 0.25) is 6.25 Å². The molecule has 1 aliphatic rings. The molecule has 1 aliphatic carbocycles. The first kappa shape index (κ1) is 22.7. The van der Waals surface area contributed by atoms with Crippen LogP contribution in [0.25, 0.3) is 10.9 Å². The minimum absolute atomic E-state index is 0. The first-order valence-corrected chi connectivity index (χ1v) is 13.5. The maximum Gasteiger partial charge on any atom is -0.147 e. The van der Waals surface area contributed by atoms with Gasteiger partial charge in [-0.1, -0.05) is 0 Å². The Kier molecular flexibility index (Phi) is 7.05. The van der Waals surface area contributed by atoms with Crippen molar-refractivity contribution in [1.82, 2.24) is 4.98 Å². The van der Waals surface area contributed by atoms with Crippen LogP contribution in [0.5, 0.6) is 0 Å².